The van der Waals surface area contributed by atoms with Gasteiger partial charge in [-0.1, -0.05) is 0 Å². The lowest BCUT2D eigenvalue weighted by Crippen LogP contribution is -2.46. The second-order valence-corrected chi connectivity index (χ2v) is 10.4. The molecule has 0 radical (unpaired) electrons. The fourth-order valence-corrected chi connectivity index (χ4v) is 6.56. The summed E-state index contributed by atoms with van der Waals surface area (Å²) >= 11 is 0. The number of halogens is 3. The minimum atomic E-state index is -4.50. The summed E-state index contributed by atoms with van der Waals surface area (Å²) < 4.78 is 42.4. The van der Waals surface area contributed by atoms with Crippen molar-refractivity contribution in [2.24, 2.45) is 5.41 Å². The van der Waals surface area contributed by atoms with E-state index in [-0.39, 0.29) is 11.6 Å². The fraction of sp³-hybridized carbons (Fsp3) is 0.720. The van der Waals surface area contributed by atoms with Gasteiger partial charge in [0.05, 0.1) is 16.7 Å². The minimum Gasteiger partial charge on any atom is -0.371 e. The number of piperidine rings is 2. The van der Waals surface area contributed by atoms with Gasteiger partial charge < -0.3 is 15.1 Å². The first-order valence-electron chi connectivity index (χ1n) is 12.5. The highest BCUT2D eigenvalue weighted by atomic mass is 19.4. The molecule has 1 atom stereocenters. The van der Waals surface area contributed by atoms with E-state index < -0.39 is 17.2 Å². The number of hydrogen-bond acceptors (Lipinski definition) is 4. The van der Waals surface area contributed by atoms with Gasteiger partial charge in [-0.3, -0.25) is 9.69 Å². The van der Waals surface area contributed by atoms with Gasteiger partial charge in [-0.25, -0.2) is 0 Å². The summed E-state index contributed by atoms with van der Waals surface area (Å²) in [5.41, 5.74) is -0.550. The summed E-state index contributed by atoms with van der Waals surface area (Å²) in [4.78, 5) is 19.3. The average molecular weight is 465 g/mol. The highest BCUT2D eigenvalue weighted by Crippen LogP contribution is 2.46. The maximum atomic E-state index is 14.1. The molecule has 1 aromatic carbocycles. The van der Waals surface area contributed by atoms with Crippen molar-refractivity contribution in [3.05, 3.63) is 23.8 Å². The van der Waals surface area contributed by atoms with Gasteiger partial charge >= 0.3 is 6.18 Å². The number of anilines is 2. The molecule has 1 spiro atoms. The lowest BCUT2D eigenvalue weighted by atomic mass is 9.77. The van der Waals surface area contributed by atoms with E-state index in [2.05, 4.69) is 22.0 Å². The summed E-state index contributed by atoms with van der Waals surface area (Å²) in [6, 6.07) is 5.73. The van der Waals surface area contributed by atoms with E-state index in [1.165, 1.54) is 29.9 Å². The van der Waals surface area contributed by atoms with Crippen molar-refractivity contribution in [2.45, 2.75) is 70.1 Å². The van der Waals surface area contributed by atoms with Crippen LogP contribution in [0.2, 0.25) is 0 Å². The quantitative estimate of drug-likeness (QED) is 0.726. The third-order valence-electron chi connectivity index (χ3n) is 8.55. The van der Waals surface area contributed by atoms with Crippen molar-refractivity contribution in [1.82, 2.24) is 10.2 Å². The Morgan fingerprint density at radius 2 is 1.73 bits per heavy atom. The van der Waals surface area contributed by atoms with Gasteiger partial charge in [0, 0.05) is 37.4 Å². The van der Waals surface area contributed by atoms with Crippen LogP contribution in [0.4, 0.5) is 24.5 Å². The minimum absolute atomic E-state index is 0.0208. The zero-order valence-corrected chi connectivity index (χ0v) is 19.5. The van der Waals surface area contributed by atoms with E-state index in [1.807, 2.05) is 0 Å². The molecule has 0 aromatic heterocycles. The van der Waals surface area contributed by atoms with Crippen LogP contribution in [0.1, 0.15) is 57.4 Å². The lowest BCUT2D eigenvalue weighted by Gasteiger charge is -2.40. The van der Waals surface area contributed by atoms with Crippen LogP contribution in [0.3, 0.4) is 0 Å². The number of carbonyl (C=O) groups excluding carboxylic acids is 1. The fourth-order valence-electron chi connectivity index (χ4n) is 6.56. The number of carbonyl (C=O) groups is 1. The molecule has 4 heterocycles. The molecule has 5 rings (SSSR count). The zero-order chi connectivity index (χ0) is 23.2. The second-order valence-electron chi connectivity index (χ2n) is 10.4. The normalized spacial score (nSPS) is 27.2. The molecule has 33 heavy (non-hydrogen) atoms. The lowest BCUT2D eigenvalue weighted by molar-refractivity contribution is -0.137. The Labute approximate surface area is 194 Å². The molecule has 1 aromatic rings. The van der Waals surface area contributed by atoms with Crippen LogP contribution in [0, 0.1) is 5.41 Å². The van der Waals surface area contributed by atoms with Crippen molar-refractivity contribution < 1.29 is 18.0 Å². The zero-order valence-electron chi connectivity index (χ0n) is 19.5. The molecule has 4 saturated heterocycles. The average Bonchev–Trinajstić information content (AvgIpc) is 3.37. The van der Waals surface area contributed by atoms with Crippen molar-refractivity contribution in [3.63, 3.8) is 0 Å². The predicted octanol–water partition coefficient (Wildman–Crippen LogP) is 4.27. The molecule has 4 fully saturated rings. The Bertz CT molecular complexity index is 875. The van der Waals surface area contributed by atoms with Crippen molar-refractivity contribution >= 4 is 17.3 Å². The molecule has 182 valence electrons. The maximum absolute atomic E-state index is 14.1. The predicted molar refractivity (Wildman–Crippen MR) is 124 cm³/mol. The Morgan fingerprint density at radius 3 is 2.36 bits per heavy atom. The Hall–Kier alpha value is -1.80. The van der Waals surface area contributed by atoms with E-state index in [1.54, 1.807) is 6.07 Å². The first-order chi connectivity index (χ1) is 15.8. The molecule has 5 nitrogen and oxygen atoms in total. The molecule has 0 bridgehead atoms. The van der Waals surface area contributed by atoms with Gasteiger partial charge in [-0.05, 0) is 89.7 Å². The molecule has 1 amide bonds. The monoisotopic (exact) mass is 464 g/mol. The van der Waals surface area contributed by atoms with Crippen LogP contribution in [-0.2, 0) is 11.0 Å². The highest BCUT2D eigenvalue weighted by molar-refractivity contribution is 6.00. The van der Waals surface area contributed by atoms with Gasteiger partial charge in [-0.15, -0.1) is 0 Å². The summed E-state index contributed by atoms with van der Waals surface area (Å²) in [6.45, 7) is 6.81. The van der Waals surface area contributed by atoms with E-state index in [0.717, 1.165) is 45.6 Å². The molecule has 0 aliphatic carbocycles. The molecule has 0 saturated carbocycles. The van der Waals surface area contributed by atoms with E-state index in [0.29, 0.717) is 43.6 Å². The van der Waals surface area contributed by atoms with Gasteiger partial charge in [0.2, 0.25) is 5.91 Å². The molecule has 4 aliphatic rings. The number of likely N-dealkylation sites (tertiary alicyclic amines) is 1. The second kappa shape index (κ2) is 8.77. The summed E-state index contributed by atoms with van der Waals surface area (Å²) in [6.07, 6.45) is 1.98. The van der Waals surface area contributed by atoms with Gasteiger partial charge in [-0.2, -0.15) is 13.2 Å². The topological polar surface area (TPSA) is 38.8 Å². The van der Waals surface area contributed by atoms with Crippen LogP contribution >= 0.6 is 0 Å². The smallest absolute Gasteiger partial charge is 0.371 e. The molecular formula is C25H35F3N4O. The molecule has 4 aliphatic heterocycles. The summed E-state index contributed by atoms with van der Waals surface area (Å²) in [7, 11) is 0. The largest absolute Gasteiger partial charge is 0.418 e. The third kappa shape index (κ3) is 4.25. The van der Waals surface area contributed by atoms with Gasteiger partial charge in [0.15, 0.2) is 0 Å². The van der Waals surface area contributed by atoms with Crippen molar-refractivity contribution in [1.29, 1.82) is 0 Å². The number of nitrogens with one attached hydrogen (secondary N) is 1. The molecule has 0 unspecified atom stereocenters. The number of alkyl halides is 3. The third-order valence-corrected chi connectivity index (χ3v) is 8.55. The van der Waals surface area contributed by atoms with E-state index in [9.17, 15) is 18.0 Å². The molecule has 8 heteroatoms. The maximum Gasteiger partial charge on any atom is 0.418 e. The van der Waals surface area contributed by atoms with E-state index >= 15 is 0 Å². The Morgan fingerprint density at radius 1 is 1.00 bits per heavy atom. The Kier molecular flexibility index (Phi) is 6.10. The van der Waals surface area contributed by atoms with Crippen LogP contribution in [0.25, 0.3) is 0 Å². The number of benzene rings is 1. The van der Waals surface area contributed by atoms with E-state index in [4.69, 9.17) is 0 Å². The van der Waals surface area contributed by atoms with Crippen molar-refractivity contribution in [3.8, 4) is 0 Å². The standard InChI is InChI=1S/C25H35F3N4O/c1-18-3-2-13-31(18)19-6-14-30(15-7-19)20-4-5-22(21(17-20)25(26,27)28)32-16-10-24(23(32)33)8-11-29-12-9-24/h4-5,17-19,29H,2-3,6-16H2,1H3/t18-/m0/s1. The first kappa shape index (κ1) is 23.0. The number of rotatable bonds is 3. The number of hydrogen-bond donors (Lipinski definition) is 1. The molecular weight excluding hydrogens is 429 g/mol. The number of amides is 1. The van der Waals surface area contributed by atoms with Gasteiger partial charge in [0.25, 0.3) is 0 Å². The van der Waals surface area contributed by atoms with Gasteiger partial charge in [0.1, 0.15) is 0 Å². The van der Waals surface area contributed by atoms with Crippen LogP contribution in [-0.4, -0.2) is 62.2 Å². The SMILES string of the molecule is C[C@H]1CCCN1C1CCN(c2ccc(N3CCC4(CCNCC4)C3=O)c(C(F)(F)F)c2)CC1. The van der Waals surface area contributed by atoms with Crippen molar-refractivity contribution in [2.75, 3.05) is 49.1 Å². The van der Waals surface area contributed by atoms with Crippen LogP contribution in [0.15, 0.2) is 18.2 Å². The highest BCUT2D eigenvalue weighted by Gasteiger charge is 2.49. The Balaban J connectivity index is 1.35. The number of nitrogens with zero attached hydrogens (tertiary/aromatic N) is 3. The summed E-state index contributed by atoms with van der Waals surface area (Å²) in [5.74, 6) is -0.136. The van der Waals surface area contributed by atoms with Crippen LogP contribution < -0.4 is 15.1 Å². The first-order valence-corrected chi connectivity index (χ1v) is 12.5. The van der Waals surface area contributed by atoms with Crippen LogP contribution in [0.5, 0.6) is 0 Å². The molecule has 1 N–H and O–H groups in total. The summed E-state index contributed by atoms with van der Waals surface area (Å²) in [5, 5.41) is 3.25.